The molecule has 7 rings (SSSR count). The largest absolute Gasteiger partial charge is 0.346 e. The lowest BCUT2D eigenvalue weighted by Gasteiger charge is -2.56. The Hall–Kier alpha value is -1.46. The standard InChI is InChI=1S/C23H29N3OS/c27-21(25-23-11-15-8-16(12-23)10-17(9-15)13-23)14-26-7-3-5-19(26)22-24-18-4-1-2-6-20(18)28-22/h1-2,4,6,15-17,19H,3,5,7-14H2,(H,25,27)/p+1/t15?,16?,17?,19-,23?/m0/s1. The number of thiazole rings is 1. The molecule has 1 saturated heterocycles. The molecule has 1 unspecified atom stereocenters. The highest BCUT2D eigenvalue weighted by Gasteiger charge is 2.51. The van der Waals surface area contributed by atoms with Crippen molar-refractivity contribution in [3.63, 3.8) is 0 Å². The first-order valence-electron chi connectivity index (χ1n) is 11.2. The zero-order valence-corrected chi connectivity index (χ0v) is 17.3. The van der Waals surface area contributed by atoms with Crippen LogP contribution in [0.25, 0.3) is 10.2 Å². The summed E-state index contributed by atoms with van der Waals surface area (Å²) >= 11 is 1.82. The maximum Gasteiger partial charge on any atom is 0.275 e. The summed E-state index contributed by atoms with van der Waals surface area (Å²) in [6, 6.07) is 8.79. The second-order valence-electron chi connectivity index (χ2n) is 10.0. The third kappa shape index (κ3) is 2.98. The molecule has 0 radical (unpaired) electrons. The summed E-state index contributed by atoms with van der Waals surface area (Å²) in [4.78, 5) is 19.4. The highest BCUT2D eigenvalue weighted by atomic mass is 32.1. The molecule has 28 heavy (non-hydrogen) atoms. The third-order valence-corrected chi connectivity index (χ3v) is 9.07. The van der Waals surface area contributed by atoms with Gasteiger partial charge >= 0.3 is 0 Å². The Morgan fingerprint density at radius 3 is 2.57 bits per heavy atom. The van der Waals surface area contributed by atoms with Crippen molar-refractivity contribution in [1.82, 2.24) is 10.3 Å². The molecule has 2 aromatic rings. The fourth-order valence-electron chi connectivity index (χ4n) is 7.27. The number of benzene rings is 1. The molecule has 5 fully saturated rings. The molecule has 2 atom stereocenters. The van der Waals surface area contributed by atoms with Crippen molar-refractivity contribution in [3.8, 4) is 0 Å². The fraction of sp³-hybridized carbons (Fsp3) is 0.652. The van der Waals surface area contributed by atoms with Gasteiger partial charge < -0.3 is 10.2 Å². The van der Waals surface area contributed by atoms with Gasteiger partial charge in [-0.2, -0.15) is 0 Å². The summed E-state index contributed by atoms with van der Waals surface area (Å²) in [5.41, 5.74) is 1.24. The summed E-state index contributed by atoms with van der Waals surface area (Å²) in [6.07, 6.45) is 10.3. The van der Waals surface area contributed by atoms with E-state index in [0.29, 0.717) is 12.6 Å². The SMILES string of the molecule is O=C(C[NH+]1CCC[C@H]1c1nc2ccccc2s1)NC12CC3CC(CC(C3)C1)C2. The van der Waals surface area contributed by atoms with E-state index in [2.05, 4.69) is 29.6 Å². The van der Waals surface area contributed by atoms with Gasteiger partial charge in [0.25, 0.3) is 5.91 Å². The summed E-state index contributed by atoms with van der Waals surface area (Å²) in [5, 5.41) is 4.79. The van der Waals surface area contributed by atoms with Gasteiger partial charge in [0.2, 0.25) is 0 Å². The quantitative estimate of drug-likeness (QED) is 0.834. The zero-order chi connectivity index (χ0) is 18.7. The molecular formula is C23H30N3OS+. The Balaban J connectivity index is 1.16. The van der Waals surface area contributed by atoms with Crippen LogP contribution in [0.5, 0.6) is 0 Å². The molecule has 1 amide bonds. The Morgan fingerprint density at radius 2 is 1.86 bits per heavy atom. The molecule has 1 aromatic heterocycles. The molecule has 2 N–H and O–H groups in total. The van der Waals surface area contributed by atoms with E-state index < -0.39 is 0 Å². The number of aromatic nitrogens is 1. The van der Waals surface area contributed by atoms with Gasteiger partial charge in [-0.3, -0.25) is 4.79 Å². The number of fused-ring (bicyclic) bond motifs is 1. The number of likely N-dealkylation sites (tertiary alicyclic amines) is 1. The van der Waals surface area contributed by atoms with Crippen molar-refractivity contribution in [2.75, 3.05) is 13.1 Å². The minimum Gasteiger partial charge on any atom is -0.346 e. The lowest BCUT2D eigenvalue weighted by molar-refractivity contribution is -0.910. The van der Waals surface area contributed by atoms with E-state index in [1.165, 1.54) is 59.6 Å². The number of hydrogen-bond donors (Lipinski definition) is 2. The maximum absolute atomic E-state index is 13.1. The highest BCUT2D eigenvalue weighted by Crippen LogP contribution is 2.55. The molecule has 4 bridgehead atoms. The zero-order valence-electron chi connectivity index (χ0n) is 16.5. The van der Waals surface area contributed by atoms with Crippen molar-refractivity contribution in [3.05, 3.63) is 29.3 Å². The van der Waals surface area contributed by atoms with E-state index >= 15 is 0 Å². The van der Waals surface area contributed by atoms with Gasteiger partial charge in [0.1, 0.15) is 6.04 Å². The first-order chi connectivity index (χ1) is 13.7. The third-order valence-electron chi connectivity index (χ3n) is 7.92. The summed E-state index contributed by atoms with van der Waals surface area (Å²) in [6.45, 7) is 1.71. The predicted molar refractivity (Wildman–Crippen MR) is 111 cm³/mol. The van der Waals surface area contributed by atoms with Crippen molar-refractivity contribution >= 4 is 27.5 Å². The monoisotopic (exact) mass is 396 g/mol. The normalized spacial score (nSPS) is 38.9. The molecule has 5 aliphatic rings. The van der Waals surface area contributed by atoms with Crippen LogP contribution in [-0.4, -0.2) is 29.5 Å². The number of para-hydroxylation sites is 1. The van der Waals surface area contributed by atoms with Crippen LogP contribution in [0.1, 0.15) is 62.4 Å². The minimum absolute atomic E-state index is 0.135. The minimum atomic E-state index is 0.135. The molecule has 0 spiro atoms. The van der Waals surface area contributed by atoms with E-state index in [9.17, 15) is 4.79 Å². The van der Waals surface area contributed by atoms with E-state index in [0.717, 1.165) is 36.2 Å². The van der Waals surface area contributed by atoms with Gasteiger partial charge in [-0.05, 0) is 68.4 Å². The Morgan fingerprint density at radius 1 is 1.14 bits per heavy atom. The Labute approximate surface area is 170 Å². The number of nitrogens with zero attached hydrogens (tertiary/aromatic N) is 1. The number of amides is 1. The number of carbonyl (C=O) groups is 1. The van der Waals surface area contributed by atoms with Gasteiger partial charge in [0.15, 0.2) is 11.6 Å². The van der Waals surface area contributed by atoms with Crippen LogP contribution in [0.2, 0.25) is 0 Å². The first-order valence-corrected chi connectivity index (χ1v) is 12.0. The molecule has 148 valence electrons. The predicted octanol–water partition coefficient (Wildman–Crippen LogP) is 3.10. The van der Waals surface area contributed by atoms with Crippen LogP contribution in [-0.2, 0) is 4.79 Å². The highest BCUT2D eigenvalue weighted by molar-refractivity contribution is 7.18. The van der Waals surface area contributed by atoms with Crippen molar-refractivity contribution in [1.29, 1.82) is 0 Å². The maximum atomic E-state index is 13.1. The number of carbonyl (C=O) groups excluding carboxylic acids is 1. The van der Waals surface area contributed by atoms with E-state index in [4.69, 9.17) is 4.98 Å². The smallest absolute Gasteiger partial charge is 0.275 e. The van der Waals surface area contributed by atoms with Crippen molar-refractivity contribution in [2.45, 2.75) is 62.9 Å². The van der Waals surface area contributed by atoms with Gasteiger partial charge in [-0.25, -0.2) is 4.98 Å². The number of nitrogens with one attached hydrogen (secondary N) is 2. The summed E-state index contributed by atoms with van der Waals surface area (Å²) in [5.74, 6) is 2.91. The van der Waals surface area contributed by atoms with E-state index in [1.807, 2.05) is 11.3 Å². The van der Waals surface area contributed by atoms with Gasteiger partial charge in [0.05, 0.1) is 16.8 Å². The molecule has 1 aliphatic heterocycles. The van der Waals surface area contributed by atoms with Crippen molar-refractivity contribution in [2.24, 2.45) is 17.8 Å². The average molecular weight is 397 g/mol. The molecule has 2 heterocycles. The second-order valence-corrected chi connectivity index (χ2v) is 11.1. The van der Waals surface area contributed by atoms with Crippen LogP contribution in [0, 0.1) is 17.8 Å². The van der Waals surface area contributed by atoms with Crippen LogP contribution in [0.15, 0.2) is 24.3 Å². The Kier molecular flexibility index (Phi) is 4.06. The van der Waals surface area contributed by atoms with E-state index in [-0.39, 0.29) is 11.4 Å². The second kappa shape index (κ2) is 6.53. The number of quaternary nitrogens is 1. The van der Waals surface area contributed by atoms with Gasteiger partial charge in [-0.1, -0.05) is 12.1 Å². The van der Waals surface area contributed by atoms with Crippen LogP contribution < -0.4 is 10.2 Å². The molecule has 5 heteroatoms. The summed E-state index contributed by atoms with van der Waals surface area (Å²) in [7, 11) is 0. The Bertz CT molecular complexity index is 838. The van der Waals surface area contributed by atoms with Gasteiger partial charge in [0, 0.05) is 18.4 Å². The lowest BCUT2D eigenvalue weighted by Crippen LogP contribution is -3.11. The van der Waals surface area contributed by atoms with Gasteiger partial charge in [-0.15, -0.1) is 11.3 Å². The number of hydrogen-bond acceptors (Lipinski definition) is 3. The van der Waals surface area contributed by atoms with Crippen LogP contribution >= 0.6 is 11.3 Å². The molecule has 4 nitrogen and oxygen atoms in total. The molecule has 1 aromatic carbocycles. The molecule has 4 aliphatic carbocycles. The van der Waals surface area contributed by atoms with Crippen LogP contribution in [0.4, 0.5) is 0 Å². The fourth-order valence-corrected chi connectivity index (χ4v) is 8.43. The average Bonchev–Trinajstić information content (AvgIpc) is 3.25. The van der Waals surface area contributed by atoms with Crippen LogP contribution in [0.3, 0.4) is 0 Å². The van der Waals surface area contributed by atoms with Crippen molar-refractivity contribution < 1.29 is 9.69 Å². The lowest BCUT2D eigenvalue weighted by atomic mass is 9.53. The molecular weight excluding hydrogens is 366 g/mol. The summed E-state index contributed by atoms with van der Waals surface area (Å²) < 4.78 is 1.27. The van der Waals surface area contributed by atoms with E-state index in [1.54, 1.807) is 0 Å². The number of rotatable bonds is 4. The first kappa shape index (κ1) is 17.4. The molecule has 4 saturated carbocycles. The topological polar surface area (TPSA) is 46.4 Å².